The Kier molecular flexibility index (Phi) is 11.4. The summed E-state index contributed by atoms with van der Waals surface area (Å²) in [5.41, 5.74) is 1.05. The van der Waals surface area contributed by atoms with Crippen molar-refractivity contribution in [2.24, 2.45) is 0 Å². The zero-order valence-electron chi connectivity index (χ0n) is 15.4. The van der Waals surface area contributed by atoms with E-state index >= 15 is 0 Å². The first-order chi connectivity index (χ1) is 11.8. The summed E-state index contributed by atoms with van der Waals surface area (Å²) in [5.74, 6) is 0.674. The maximum atomic E-state index is 8.93. The predicted molar refractivity (Wildman–Crippen MR) is 96.4 cm³/mol. The molecule has 138 valence electrons. The Hall–Kier alpha value is -1.21. The topological polar surface area (TPSA) is 58.1 Å². The zero-order chi connectivity index (χ0) is 17.6. The molecule has 1 N–H and O–H groups in total. The van der Waals surface area contributed by atoms with Crippen molar-refractivity contribution < 1.29 is 14.6 Å². The molecule has 0 spiro atoms. The number of hydrogen-bond donors (Lipinski definition) is 1. The maximum absolute atomic E-state index is 8.93. The molecule has 2 rings (SSSR count). The molecule has 0 aromatic carbocycles. The number of β-amino-alcohol motifs (C(OH)–C–C–N with tert-alkyl or cyclic N) is 1. The van der Waals surface area contributed by atoms with Crippen molar-refractivity contribution in [3.8, 4) is 5.88 Å². The molecular weight excluding hydrogens is 306 g/mol. The van der Waals surface area contributed by atoms with Gasteiger partial charge in [-0.25, -0.2) is 4.98 Å². The van der Waals surface area contributed by atoms with Crippen molar-refractivity contribution in [1.29, 1.82) is 0 Å². The minimum absolute atomic E-state index is 0.254. The SMILES string of the molecule is CC.COCc1ccc(OCCCN2CCN(CCO)CC2)nc1. The van der Waals surface area contributed by atoms with E-state index < -0.39 is 0 Å². The first kappa shape index (κ1) is 20.8. The van der Waals surface area contributed by atoms with Crippen molar-refractivity contribution in [1.82, 2.24) is 14.8 Å². The van der Waals surface area contributed by atoms with Crippen LogP contribution in [0.4, 0.5) is 0 Å². The number of rotatable bonds is 9. The van der Waals surface area contributed by atoms with Gasteiger partial charge in [0.25, 0.3) is 0 Å². The van der Waals surface area contributed by atoms with Crippen LogP contribution in [-0.2, 0) is 11.3 Å². The van der Waals surface area contributed by atoms with Crippen molar-refractivity contribution in [2.75, 3.05) is 59.6 Å². The van der Waals surface area contributed by atoms with Crippen molar-refractivity contribution in [2.45, 2.75) is 26.9 Å². The summed E-state index contributed by atoms with van der Waals surface area (Å²) in [6.07, 6.45) is 2.79. The Morgan fingerprint density at radius 1 is 1.08 bits per heavy atom. The summed E-state index contributed by atoms with van der Waals surface area (Å²) in [5, 5.41) is 8.93. The molecule has 1 aromatic rings. The lowest BCUT2D eigenvalue weighted by molar-refractivity contribution is 0.108. The van der Waals surface area contributed by atoms with E-state index in [0.29, 0.717) is 19.1 Å². The van der Waals surface area contributed by atoms with Crippen LogP contribution in [0, 0.1) is 0 Å². The number of methoxy groups -OCH3 is 1. The normalized spacial score (nSPS) is 15.7. The highest BCUT2D eigenvalue weighted by molar-refractivity contribution is 5.17. The minimum Gasteiger partial charge on any atom is -0.478 e. The molecule has 0 bridgehead atoms. The highest BCUT2D eigenvalue weighted by atomic mass is 16.5. The second-order valence-corrected chi connectivity index (χ2v) is 5.55. The Labute approximate surface area is 146 Å². The van der Waals surface area contributed by atoms with Crippen molar-refractivity contribution in [3.05, 3.63) is 23.9 Å². The van der Waals surface area contributed by atoms with Crippen molar-refractivity contribution in [3.63, 3.8) is 0 Å². The molecule has 24 heavy (non-hydrogen) atoms. The van der Waals surface area contributed by atoms with Gasteiger partial charge in [-0.2, -0.15) is 0 Å². The molecular formula is C18H33N3O3. The standard InChI is InChI=1S/C16H27N3O3.C2H6/c1-21-14-15-3-4-16(17-13-15)22-12-2-5-18-6-8-19(9-7-18)10-11-20;1-2/h3-4,13,20H,2,5-12,14H2,1H3;1-2H3. The van der Waals surface area contributed by atoms with Crippen molar-refractivity contribution >= 4 is 0 Å². The number of nitrogens with zero attached hydrogens (tertiary/aromatic N) is 3. The molecule has 0 unspecified atom stereocenters. The van der Waals surface area contributed by atoms with E-state index in [4.69, 9.17) is 14.6 Å². The van der Waals surface area contributed by atoms with Crippen LogP contribution in [0.1, 0.15) is 25.8 Å². The van der Waals surface area contributed by atoms with E-state index in [1.807, 2.05) is 26.0 Å². The van der Waals surface area contributed by atoms with Gasteiger partial charge in [0.05, 0.1) is 19.8 Å². The van der Waals surface area contributed by atoms with Crippen LogP contribution in [0.15, 0.2) is 18.3 Å². The fraction of sp³-hybridized carbons (Fsp3) is 0.722. The van der Waals surface area contributed by atoms with Gasteiger partial charge in [0.2, 0.25) is 5.88 Å². The lowest BCUT2D eigenvalue weighted by atomic mass is 10.3. The van der Waals surface area contributed by atoms with Gasteiger partial charge in [-0.3, -0.25) is 4.90 Å². The molecule has 1 aliphatic rings. The summed E-state index contributed by atoms with van der Waals surface area (Å²) in [6, 6.07) is 3.87. The first-order valence-electron chi connectivity index (χ1n) is 8.94. The number of ether oxygens (including phenoxy) is 2. The van der Waals surface area contributed by atoms with Crippen LogP contribution in [0.3, 0.4) is 0 Å². The quantitative estimate of drug-likeness (QED) is 0.690. The summed E-state index contributed by atoms with van der Waals surface area (Å²) in [6.45, 7) is 11.6. The van der Waals surface area contributed by atoms with E-state index in [-0.39, 0.29) is 6.61 Å². The first-order valence-corrected chi connectivity index (χ1v) is 8.94. The average Bonchev–Trinajstić information content (AvgIpc) is 2.64. The molecule has 1 aliphatic heterocycles. The Morgan fingerprint density at radius 2 is 1.75 bits per heavy atom. The number of aromatic nitrogens is 1. The minimum atomic E-state index is 0.254. The molecule has 1 aromatic heterocycles. The summed E-state index contributed by atoms with van der Waals surface area (Å²) < 4.78 is 10.7. The van der Waals surface area contributed by atoms with Gasteiger partial charge >= 0.3 is 0 Å². The molecule has 0 amide bonds. The molecule has 0 atom stereocenters. The zero-order valence-corrected chi connectivity index (χ0v) is 15.4. The Bertz CT molecular complexity index is 406. The fourth-order valence-corrected chi connectivity index (χ4v) is 2.59. The van der Waals surface area contributed by atoms with E-state index in [1.54, 1.807) is 13.3 Å². The summed E-state index contributed by atoms with van der Waals surface area (Å²) in [4.78, 5) is 9.02. The molecule has 0 saturated carbocycles. The Balaban J connectivity index is 0.00000139. The third-order valence-electron chi connectivity index (χ3n) is 3.86. The monoisotopic (exact) mass is 339 g/mol. The highest BCUT2D eigenvalue weighted by Crippen LogP contribution is 2.09. The van der Waals surface area contributed by atoms with Crippen LogP contribution in [0.5, 0.6) is 5.88 Å². The average molecular weight is 339 g/mol. The number of piperazine rings is 1. The van der Waals surface area contributed by atoms with Gasteiger partial charge in [0, 0.05) is 58.6 Å². The van der Waals surface area contributed by atoms with Crippen LogP contribution in [-0.4, -0.2) is 79.5 Å². The number of aliphatic hydroxyl groups excluding tert-OH is 1. The van der Waals surface area contributed by atoms with Crippen LogP contribution < -0.4 is 4.74 Å². The summed E-state index contributed by atoms with van der Waals surface area (Å²) in [7, 11) is 1.67. The summed E-state index contributed by atoms with van der Waals surface area (Å²) >= 11 is 0. The number of aliphatic hydroxyl groups is 1. The molecule has 1 saturated heterocycles. The maximum Gasteiger partial charge on any atom is 0.213 e. The lowest BCUT2D eigenvalue weighted by Crippen LogP contribution is -2.47. The second kappa shape index (κ2) is 13.1. The van der Waals surface area contributed by atoms with E-state index in [2.05, 4.69) is 14.8 Å². The van der Waals surface area contributed by atoms with Crippen LogP contribution in [0.2, 0.25) is 0 Å². The smallest absolute Gasteiger partial charge is 0.213 e. The third-order valence-corrected chi connectivity index (χ3v) is 3.86. The Morgan fingerprint density at radius 3 is 2.29 bits per heavy atom. The van der Waals surface area contributed by atoms with Gasteiger partial charge in [-0.15, -0.1) is 0 Å². The molecule has 6 nitrogen and oxygen atoms in total. The van der Waals surface area contributed by atoms with E-state index in [9.17, 15) is 0 Å². The van der Waals surface area contributed by atoms with Crippen LogP contribution >= 0.6 is 0 Å². The highest BCUT2D eigenvalue weighted by Gasteiger charge is 2.15. The van der Waals surface area contributed by atoms with Crippen LogP contribution in [0.25, 0.3) is 0 Å². The fourth-order valence-electron chi connectivity index (χ4n) is 2.59. The van der Waals surface area contributed by atoms with Gasteiger partial charge in [0.15, 0.2) is 0 Å². The molecule has 0 radical (unpaired) electrons. The van der Waals surface area contributed by atoms with Gasteiger partial charge in [-0.05, 0) is 18.1 Å². The molecule has 1 fully saturated rings. The second-order valence-electron chi connectivity index (χ2n) is 5.55. The molecule has 6 heteroatoms. The lowest BCUT2D eigenvalue weighted by Gasteiger charge is -2.34. The number of pyridine rings is 1. The third kappa shape index (κ3) is 8.06. The van der Waals surface area contributed by atoms with Gasteiger partial charge < -0.3 is 19.5 Å². The molecule has 2 heterocycles. The van der Waals surface area contributed by atoms with Gasteiger partial charge in [0.1, 0.15) is 0 Å². The van der Waals surface area contributed by atoms with Gasteiger partial charge in [-0.1, -0.05) is 13.8 Å². The molecule has 0 aliphatic carbocycles. The van der Waals surface area contributed by atoms with E-state index in [1.165, 1.54) is 0 Å². The van der Waals surface area contributed by atoms with E-state index in [0.717, 1.165) is 51.3 Å². The predicted octanol–water partition coefficient (Wildman–Crippen LogP) is 1.63. The largest absolute Gasteiger partial charge is 0.478 e. The number of hydrogen-bond acceptors (Lipinski definition) is 6.